The Hall–Kier alpha value is -3.21. The van der Waals surface area contributed by atoms with Crippen molar-refractivity contribution in [1.82, 2.24) is 5.32 Å². The maximum Gasteiger partial charge on any atom is 0.123 e. The first-order chi connectivity index (χ1) is 17.6. The highest BCUT2D eigenvalue weighted by Gasteiger charge is 2.15. The molecular formula is C32H34ClF2NO. The van der Waals surface area contributed by atoms with E-state index < -0.39 is 0 Å². The molecule has 4 aromatic rings. The molecule has 4 aromatic carbocycles. The van der Waals surface area contributed by atoms with Crippen LogP contribution >= 0.6 is 12.4 Å². The molecule has 1 atom stereocenters. The molecule has 0 bridgehead atoms. The van der Waals surface area contributed by atoms with Gasteiger partial charge in [-0.2, -0.15) is 0 Å². The highest BCUT2D eigenvalue weighted by atomic mass is 35.5. The predicted molar refractivity (Wildman–Crippen MR) is 150 cm³/mol. The molecule has 1 N–H and O–H groups in total. The van der Waals surface area contributed by atoms with Gasteiger partial charge in [-0.15, -0.1) is 12.4 Å². The molecule has 4 rings (SSSR count). The zero-order valence-electron chi connectivity index (χ0n) is 21.1. The van der Waals surface area contributed by atoms with Gasteiger partial charge in [-0.1, -0.05) is 66.7 Å². The van der Waals surface area contributed by atoms with E-state index in [1.54, 1.807) is 0 Å². The van der Waals surface area contributed by atoms with E-state index in [0.717, 1.165) is 48.2 Å². The molecule has 0 aliphatic heterocycles. The minimum atomic E-state index is -0.247. The van der Waals surface area contributed by atoms with Gasteiger partial charge in [-0.3, -0.25) is 0 Å². The van der Waals surface area contributed by atoms with E-state index in [2.05, 4.69) is 36.5 Å². The lowest BCUT2D eigenvalue weighted by atomic mass is 9.87. The minimum Gasteiger partial charge on any atom is -0.489 e. The number of hydrogen-bond acceptors (Lipinski definition) is 2. The second kappa shape index (κ2) is 14.5. The van der Waals surface area contributed by atoms with Gasteiger partial charge in [-0.05, 0) is 91.4 Å². The Morgan fingerprint density at radius 1 is 0.703 bits per heavy atom. The van der Waals surface area contributed by atoms with Gasteiger partial charge in [0.2, 0.25) is 0 Å². The fourth-order valence-corrected chi connectivity index (χ4v) is 4.46. The second-order valence-corrected chi connectivity index (χ2v) is 9.28. The maximum absolute atomic E-state index is 13.4. The number of ether oxygens (including phenoxy) is 1. The normalized spacial score (nSPS) is 11.7. The average molecular weight is 522 g/mol. The fraction of sp³-hybridized carbons (Fsp3) is 0.250. The van der Waals surface area contributed by atoms with E-state index in [-0.39, 0.29) is 30.0 Å². The van der Waals surface area contributed by atoms with E-state index in [1.165, 1.54) is 29.8 Å². The number of benzene rings is 4. The summed E-state index contributed by atoms with van der Waals surface area (Å²) in [6, 6.07) is 32.0. The second-order valence-electron chi connectivity index (χ2n) is 9.28. The molecule has 0 radical (unpaired) electrons. The van der Waals surface area contributed by atoms with Gasteiger partial charge in [-0.25, -0.2) is 8.78 Å². The monoisotopic (exact) mass is 521 g/mol. The van der Waals surface area contributed by atoms with Crippen molar-refractivity contribution in [2.75, 3.05) is 6.54 Å². The van der Waals surface area contributed by atoms with Crippen LogP contribution in [0.2, 0.25) is 0 Å². The molecule has 1 unspecified atom stereocenters. The first-order valence-corrected chi connectivity index (χ1v) is 12.6. The number of rotatable bonds is 12. The lowest BCUT2D eigenvalue weighted by Crippen LogP contribution is -2.29. The largest absolute Gasteiger partial charge is 0.489 e. The van der Waals surface area contributed by atoms with Gasteiger partial charge < -0.3 is 10.1 Å². The standard InChI is InChI=1S/C32H33F2NO.ClH/c1-24(22-25-9-19-31(20-10-25)36-23-26-6-3-2-4-7-26)35-21-5-8-32(27-11-15-29(33)16-12-27)28-13-17-30(34)18-14-28;/h2-4,6-7,9-20,24,32,35H,5,8,21-23H2,1H3;1H. The van der Waals surface area contributed by atoms with Crippen molar-refractivity contribution in [2.45, 2.75) is 44.8 Å². The molecule has 37 heavy (non-hydrogen) atoms. The number of nitrogens with one attached hydrogen (secondary N) is 1. The van der Waals surface area contributed by atoms with Crippen LogP contribution in [0.4, 0.5) is 8.78 Å². The van der Waals surface area contributed by atoms with Gasteiger partial charge in [0, 0.05) is 12.0 Å². The van der Waals surface area contributed by atoms with Crippen molar-refractivity contribution in [3.05, 3.63) is 137 Å². The summed E-state index contributed by atoms with van der Waals surface area (Å²) >= 11 is 0. The first-order valence-electron chi connectivity index (χ1n) is 12.6. The summed E-state index contributed by atoms with van der Waals surface area (Å²) in [6.45, 7) is 3.63. The summed E-state index contributed by atoms with van der Waals surface area (Å²) in [4.78, 5) is 0. The van der Waals surface area contributed by atoms with Crippen molar-refractivity contribution < 1.29 is 13.5 Å². The van der Waals surface area contributed by atoms with E-state index in [4.69, 9.17) is 4.74 Å². The molecule has 0 heterocycles. The van der Waals surface area contributed by atoms with Crippen molar-refractivity contribution in [3.63, 3.8) is 0 Å². The van der Waals surface area contributed by atoms with Crippen LogP contribution in [-0.4, -0.2) is 12.6 Å². The summed E-state index contributed by atoms with van der Waals surface area (Å²) in [5.41, 5.74) is 4.51. The van der Waals surface area contributed by atoms with E-state index in [1.807, 2.05) is 54.6 Å². The van der Waals surface area contributed by atoms with Crippen molar-refractivity contribution in [3.8, 4) is 5.75 Å². The third-order valence-corrected chi connectivity index (χ3v) is 6.42. The summed E-state index contributed by atoms with van der Waals surface area (Å²) < 4.78 is 32.8. The zero-order valence-corrected chi connectivity index (χ0v) is 21.9. The van der Waals surface area contributed by atoms with Crippen molar-refractivity contribution in [1.29, 1.82) is 0 Å². The summed E-state index contributed by atoms with van der Waals surface area (Å²) in [5, 5.41) is 3.62. The SMILES string of the molecule is CC(Cc1ccc(OCc2ccccc2)cc1)NCCCC(c1ccc(F)cc1)c1ccc(F)cc1.Cl. The summed E-state index contributed by atoms with van der Waals surface area (Å²) in [7, 11) is 0. The third kappa shape index (κ3) is 8.99. The molecule has 0 aliphatic carbocycles. The Morgan fingerprint density at radius 3 is 1.84 bits per heavy atom. The van der Waals surface area contributed by atoms with Crippen LogP contribution < -0.4 is 10.1 Å². The minimum absolute atomic E-state index is 0. The summed E-state index contributed by atoms with van der Waals surface area (Å²) in [6.07, 6.45) is 2.78. The molecule has 5 heteroatoms. The van der Waals surface area contributed by atoms with Crippen LogP contribution in [-0.2, 0) is 13.0 Å². The molecule has 0 saturated carbocycles. The van der Waals surface area contributed by atoms with Gasteiger partial charge in [0.05, 0.1) is 0 Å². The Kier molecular flexibility index (Phi) is 11.1. The topological polar surface area (TPSA) is 21.3 Å². The van der Waals surface area contributed by atoms with Crippen LogP contribution in [0.5, 0.6) is 5.75 Å². The van der Waals surface area contributed by atoms with Crippen LogP contribution in [0.25, 0.3) is 0 Å². The third-order valence-electron chi connectivity index (χ3n) is 6.42. The smallest absolute Gasteiger partial charge is 0.123 e. The fourth-order valence-electron chi connectivity index (χ4n) is 4.46. The van der Waals surface area contributed by atoms with Crippen LogP contribution in [0.3, 0.4) is 0 Å². The Morgan fingerprint density at radius 2 is 1.27 bits per heavy atom. The molecule has 0 fully saturated rings. The summed E-state index contributed by atoms with van der Waals surface area (Å²) in [5.74, 6) is 0.480. The van der Waals surface area contributed by atoms with Crippen molar-refractivity contribution in [2.24, 2.45) is 0 Å². The molecular weight excluding hydrogens is 488 g/mol. The quantitative estimate of drug-likeness (QED) is 0.190. The van der Waals surface area contributed by atoms with Crippen LogP contribution in [0, 0.1) is 11.6 Å². The molecule has 0 saturated heterocycles. The highest BCUT2D eigenvalue weighted by Crippen LogP contribution is 2.29. The van der Waals surface area contributed by atoms with E-state index >= 15 is 0 Å². The van der Waals surface area contributed by atoms with Gasteiger partial charge >= 0.3 is 0 Å². The number of hydrogen-bond donors (Lipinski definition) is 1. The molecule has 0 aromatic heterocycles. The molecule has 0 spiro atoms. The van der Waals surface area contributed by atoms with Gasteiger partial charge in [0.15, 0.2) is 0 Å². The average Bonchev–Trinajstić information content (AvgIpc) is 2.90. The lowest BCUT2D eigenvalue weighted by Gasteiger charge is -2.20. The van der Waals surface area contributed by atoms with Gasteiger partial charge in [0.25, 0.3) is 0 Å². The zero-order chi connectivity index (χ0) is 25.2. The molecule has 0 aliphatic rings. The van der Waals surface area contributed by atoms with Gasteiger partial charge in [0.1, 0.15) is 24.0 Å². The Bertz CT molecular complexity index is 1140. The molecule has 2 nitrogen and oxygen atoms in total. The Labute approximate surface area is 225 Å². The maximum atomic E-state index is 13.4. The molecule has 194 valence electrons. The predicted octanol–water partition coefficient (Wildman–Crippen LogP) is 8.10. The number of halogens is 3. The first kappa shape index (κ1) is 28.4. The van der Waals surface area contributed by atoms with Crippen LogP contribution in [0.15, 0.2) is 103 Å². The molecule has 0 amide bonds. The van der Waals surface area contributed by atoms with Crippen molar-refractivity contribution >= 4 is 12.4 Å². The van der Waals surface area contributed by atoms with E-state index in [9.17, 15) is 8.78 Å². The Balaban J connectivity index is 0.00000380. The highest BCUT2D eigenvalue weighted by molar-refractivity contribution is 5.85. The van der Waals surface area contributed by atoms with Crippen LogP contribution in [0.1, 0.15) is 47.9 Å². The van der Waals surface area contributed by atoms with E-state index in [0.29, 0.717) is 12.6 Å². The lowest BCUT2D eigenvalue weighted by molar-refractivity contribution is 0.306.